The number of hydrogen-bond donors (Lipinski definition) is 2. The predicted octanol–water partition coefficient (Wildman–Crippen LogP) is 3.01. The van der Waals surface area contributed by atoms with Crippen molar-refractivity contribution in [2.75, 3.05) is 6.61 Å². The average molecular weight is 389 g/mol. The van der Waals surface area contributed by atoms with Crippen molar-refractivity contribution in [2.45, 2.75) is 26.4 Å². The molecular weight excluding hydrogens is 368 g/mol. The van der Waals surface area contributed by atoms with Crippen molar-refractivity contribution >= 4 is 29.4 Å². The minimum absolute atomic E-state index is 0.128. The highest BCUT2D eigenvalue weighted by atomic mass is 35.5. The molecule has 0 aliphatic heterocycles. The Balaban J connectivity index is 1.82. The molecule has 27 heavy (non-hydrogen) atoms. The number of benzene rings is 2. The first-order chi connectivity index (χ1) is 12.8. The summed E-state index contributed by atoms with van der Waals surface area (Å²) in [7, 11) is 0. The summed E-state index contributed by atoms with van der Waals surface area (Å²) in [5.41, 5.74) is 2.05. The third-order valence-corrected chi connectivity index (χ3v) is 4.03. The molecule has 7 heteroatoms. The molecule has 0 bridgehead atoms. The second kappa shape index (κ2) is 9.73. The first-order valence-corrected chi connectivity index (χ1v) is 8.78. The molecule has 0 saturated carbocycles. The molecule has 2 aromatic carbocycles. The van der Waals surface area contributed by atoms with Crippen molar-refractivity contribution in [2.24, 2.45) is 0 Å². The van der Waals surface area contributed by atoms with E-state index in [1.807, 2.05) is 13.0 Å². The molecule has 2 rings (SSSR count). The van der Waals surface area contributed by atoms with Gasteiger partial charge in [-0.3, -0.25) is 9.59 Å². The Labute approximate surface area is 162 Å². The number of hydrogen-bond acceptors (Lipinski definition) is 4. The Morgan fingerprint density at radius 2 is 1.81 bits per heavy atom. The first kappa shape index (κ1) is 20.5. The molecule has 0 aliphatic carbocycles. The molecule has 0 radical (unpaired) electrons. The van der Waals surface area contributed by atoms with E-state index in [0.29, 0.717) is 17.1 Å². The highest BCUT2D eigenvalue weighted by Gasteiger charge is 2.13. The standard InChI is InChI=1S/C20H21ClN2O4/c1-13(17-4-3-5-18(21)10-17)23-19(25)12-27-20(26)16-8-6-15(7-9-16)11-22-14(2)24/h3-10,13H,11-12H2,1-2H3,(H,22,24)(H,23,25). The Bertz CT molecular complexity index is 821. The lowest BCUT2D eigenvalue weighted by Crippen LogP contribution is -2.31. The molecule has 1 unspecified atom stereocenters. The lowest BCUT2D eigenvalue weighted by atomic mass is 10.1. The molecule has 2 aromatic rings. The highest BCUT2D eigenvalue weighted by molar-refractivity contribution is 6.30. The van der Waals surface area contributed by atoms with E-state index in [9.17, 15) is 14.4 Å². The van der Waals surface area contributed by atoms with Gasteiger partial charge in [-0.25, -0.2) is 4.79 Å². The van der Waals surface area contributed by atoms with Crippen LogP contribution in [0.1, 0.15) is 41.4 Å². The van der Waals surface area contributed by atoms with Crippen molar-refractivity contribution < 1.29 is 19.1 Å². The smallest absolute Gasteiger partial charge is 0.338 e. The largest absolute Gasteiger partial charge is 0.452 e. The maximum atomic E-state index is 12.0. The molecule has 0 aliphatic rings. The van der Waals surface area contributed by atoms with Gasteiger partial charge < -0.3 is 15.4 Å². The van der Waals surface area contributed by atoms with E-state index in [1.165, 1.54) is 6.92 Å². The zero-order valence-corrected chi connectivity index (χ0v) is 15.9. The van der Waals surface area contributed by atoms with E-state index in [-0.39, 0.29) is 18.6 Å². The Kier molecular flexibility index (Phi) is 7.37. The maximum absolute atomic E-state index is 12.0. The summed E-state index contributed by atoms with van der Waals surface area (Å²) in [5.74, 6) is -1.12. The summed E-state index contributed by atoms with van der Waals surface area (Å²) >= 11 is 5.94. The lowest BCUT2D eigenvalue weighted by Gasteiger charge is -2.14. The van der Waals surface area contributed by atoms with Gasteiger partial charge in [0, 0.05) is 18.5 Å². The molecule has 0 heterocycles. The minimum Gasteiger partial charge on any atom is -0.452 e. The minimum atomic E-state index is -0.591. The normalized spacial score (nSPS) is 11.4. The summed E-state index contributed by atoms with van der Waals surface area (Å²) in [4.78, 5) is 34.9. The number of carbonyl (C=O) groups excluding carboxylic acids is 3. The summed E-state index contributed by atoms with van der Waals surface area (Å²) in [6.07, 6.45) is 0. The molecule has 142 valence electrons. The maximum Gasteiger partial charge on any atom is 0.338 e. The van der Waals surface area contributed by atoms with Gasteiger partial charge in [0.25, 0.3) is 5.91 Å². The van der Waals surface area contributed by atoms with E-state index < -0.39 is 11.9 Å². The van der Waals surface area contributed by atoms with Gasteiger partial charge in [0.2, 0.25) is 5.91 Å². The van der Waals surface area contributed by atoms with Crippen molar-refractivity contribution in [3.8, 4) is 0 Å². The van der Waals surface area contributed by atoms with E-state index in [0.717, 1.165) is 11.1 Å². The zero-order chi connectivity index (χ0) is 19.8. The van der Waals surface area contributed by atoms with Crippen LogP contribution in [-0.2, 0) is 20.9 Å². The molecule has 0 spiro atoms. The van der Waals surface area contributed by atoms with Crippen LogP contribution in [0.5, 0.6) is 0 Å². The van der Waals surface area contributed by atoms with Gasteiger partial charge in [0.05, 0.1) is 11.6 Å². The molecule has 0 saturated heterocycles. The number of carbonyl (C=O) groups is 3. The van der Waals surface area contributed by atoms with Gasteiger partial charge in [0.15, 0.2) is 6.61 Å². The number of ether oxygens (including phenoxy) is 1. The van der Waals surface area contributed by atoms with Crippen LogP contribution < -0.4 is 10.6 Å². The molecule has 2 amide bonds. The van der Waals surface area contributed by atoms with Gasteiger partial charge in [-0.05, 0) is 42.3 Å². The van der Waals surface area contributed by atoms with Crippen LogP contribution in [-0.4, -0.2) is 24.4 Å². The fraction of sp³-hybridized carbons (Fsp3) is 0.250. The molecule has 6 nitrogen and oxygen atoms in total. The topological polar surface area (TPSA) is 84.5 Å². The highest BCUT2D eigenvalue weighted by Crippen LogP contribution is 2.17. The summed E-state index contributed by atoms with van der Waals surface area (Å²) in [6.45, 7) is 3.26. The van der Waals surface area contributed by atoms with Gasteiger partial charge in [0.1, 0.15) is 0 Å². The second-order valence-corrected chi connectivity index (χ2v) is 6.46. The lowest BCUT2D eigenvalue weighted by molar-refractivity contribution is -0.125. The number of esters is 1. The summed E-state index contributed by atoms with van der Waals surface area (Å²) in [5, 5.41) is 6.01. The molecule has 0 fully saturated rings. The van der Waals surface area contributed by atoms with Crippen LogP contribution in [0.4, 0.5) is 0 Å². The fourth-order valence-corrected chi connectivity index (χ4v) is 2.54. The third-order valence-electron chi connectivity index (χ3n) is 3.79. The van der Waals surface area contributed by atoms with Crippen LogP contribution in [0.3, 0.4) is 0 Å². The predicted molar refractivity (Wildman–Crippen MR) is 102 cm³/mol. The van der Waals surface area contributed by atoms with Gasteiger partial charge in [-0.2, -0.15) is 0 Å². The quantitative estimate of drug-likeness (QED) is 0.714. The monoisotopic (exact) mass is 388 g/mol. The Morgan fingerprint density at radius 3 is 2.44 bits per heavy atom. The number of rotatable bonds is 7. The van der Waals surface area contributed by atoms with Crippen LogP contribution in [0.2, 0.25) is 5.02 Å². The van der Waals surface area contributed by atoms with E-state index in [2.05, 4.69) is 10.6 Å². The van der Waals surface area contributed by atoms with Crippen LogP contribution in [0.15, 0.2) is 48.5 Å². The molecule has 2 N–H and O–H groups in total. The van der Waals surface area contributed by atoms with Gasteiger partial charge >= 0.3 is 5.97 Å². The van der Waals surface area contributed by atoms with Gasteiger partial charge in [-0.15, -0.1) is 0 Å². The number of amides is 2. The van der Waals surface area contributed by atoms with E-state index in [4.69, 9.17) is 16.3 Å². The summed E-state index contributed by atoms with van der Waals surface area (Å²) in [6, 6.07) is 13.5. The second-order valence-electron chi connectivity index (χ2n) is 6.03. The Morgan fingerprint density at radius 1 is 1.11 bits per heavy atom. The fourth-order valence-electron chi connectivity index (χ4n) is 2.34. The van der Waals surface area contributed by atoms with Crippen LogP contribution in [0.25, 0.3) is 0 Å². The van der Waals surface area contributed by atoms with Crippen molar-refractivity contribution in [1.29, 1.82) is 0 Å². The van der Waals surface area contributed by atoms with Gasteiger partial charge in [-0.1, -0.05) is 35.9 Å². The van der Waals surface area contributed by atoms with Crippen molar-refractivity contribution in [3.05, 3.63) is 70.2 Å². The van der Waals surface area contributed by atoms with E-state index >= 15 is 0 Å². The van der Waals surface area contributed by atoms with Crippen LogP contribution in [0, 0.1) is 0 Å². The van der Waals surface area contributed by atoms with E-state index in [1.54, 1.807) is 42.5 Å². The Hall–Kier alpha value is -2.86. The zero-order valence-electron chi connectivity index (χ0n) is 15.1. The van der Waals surface area contributed by atoms with Crippen LogP contribution >= 0.6 is 11.6 Å². The number of nitrogens with one attached hydrogen (secondary N) is 2. The molecule has 0 aromatic heterocycles. The molecular formula is C20H21ClN2O4. The SMILES string of the molecule is CC(=O)NCc1ccc(C(=O)OCC(=O)NC(C)c2cccc(Cl)c2)cc1. The summed E-state index contributed by atoms with van der Waals surface area (Å²) < 4.78 is 5.04. The molecule has 1 atom stereocenters. The average Bonchev–Trinajstić information content (AvgIpc) is 2.64. The third kappa shape index (κ3) is 6.75. The van der Waals surface area contributed by atoms with Crippen molar-refractivity contribution in [1.82, 2.24) is 10.6 Å². The number of halogens is 1. The first-order valence-electron chi connectivity index (χ1n) is 8.40. The van der Waals surface area contributed by atoms with Crippen molar-refractivity contribution in [3.63, 3.8) is 0 Å².